The lowest BCUT2D eigenvalue weighted by atomic mass is 9.70. The van der Waals surface area contributed by atoms with Crippen LogP contribution in [0.5, 0.6) is 0 Å². The first kappa shape index (κ1) is 29.3. The summed E-state index contributed by atoms with van der Waals surface area (Å²) in [5.74, 6) is -2.24. The number of carbonyl (C=O) groups is 3. The number of rotatable bonds is 14. The molecule has 212 valence electrons. The van der Waals surface area contributed by atoms with Crippen molar-refractivity contribution in [2.24, 2.45) is 11.8 Å². The van der Waals surface area contributed by atoms with Crippen LogP contribution in [-0.2, 0) is 23.9 Å². The number of hydrogen-bond donors (Lipinski definition) is 1. The van der Waals surface area contributed by atoms with Crippen molar-refractivity contribution in [2.45, 2.75) is 99.2 Å². The fourth-order valence-electron chi connectivity index (χ4n) is 7.08. The van der Waals surface area contributed by atoms with Crippen LogP contribution in [-0.4, -0.2) is 87.6 Å². The Morgan fingerprint density at radius 3 is 2.61 bits per heavy atom. The summed E-state index contributed by atoms with van der Waals surface area (Å²) >= 11 is 3.71. The topological polar surface area (TPSA) is 96.4 Å². The number of esters is 1. The molecule has 3 heterocycles. The van der Waals surface area contributed by atoms with Gasteiger partial charge >= 0.3 is 5.97 Å². The van der Waals surface area contributed by atoms with E-state index in [-0.39, 0.29) is 35.9 Å². The van der Waals surface area contributed by atoms with Gasteiger partial charge in [0.15, 0.2) is 0 Å². The quantitative estimate of drug-likeness (QED) is 0.142. The predicted molar refractivity (Wildman–Crippen MR) is 148 cm³/mol. The van der Waals surface area contributed by atoms with Crippen molar-refractivity contribution in [3.8, 4) is 0 Å². The van der Waals surface area contributed by atoms with E-state index in [9.17, 15) is 19.5 Å². The number of aliphatic hydroxyl groups is 1. The van der Waals surface area contributed by atoms with Crippen molar-refractivity contribution < 1.29 is 29.0 Å². The van der Waals surface area contributed by atoms with Crippen LogP contribution in [0.25, 0.3) is 0 Å². The standard InChI is InChI=1S/C29H43BrN2O6/c1-3-5-6-12-18-37-28(36)22-23-26(34)32(16-10-11-17-33)25(29(23)19-21(30)24(22)38-29)27(35)31(15-4-2)20-13-8-7-9-14-20/h3-4,20-25,33H,1-2,5-19H2/t21?,22-,23-,24-,25?,29?/m0/s1. The number of likely N-dealkylation sites (tertiary alicyclic amines) is 1. The summed E-state index contributed by atoms with van der Waals surface area (Å²) in [7, 11) is 0. The highest BCUT2D eigenvalue weighted by atomic mass is 79.9. The number of aliphatic hydroxyl groups excluding tert-OH is 1. The van der Waals surface area contributed by atoms with E-state index < -0.39 is 35.6 Å². The van der Waals surface area contributed by atoms with Crippen LogP contribution >= 0.6 is 15.9 Å². The van der Waals surface area contributed by atoms with E-state index in [0.29, 0.717) is 32.4 Å². The minimum Gasteiger partial charge on any atom is -0.465 e. The zero-order valence-electron chi connectivity index (χ0n) is 22.4. The van der Waals surface area contributed by atoms with Gasteiger partial charge in [-0.2, -0.15) is 0 Å². The Bertz CT molecular complexity index is 892. The minimum absolute atomic E-state index is 0.0166. The molecular weight excluding hydrogens is 552 g/mol. The Hall–Kier alpha value is -1.71. The third-order valence-corrected chi connectivity index (χ3v) is 9.62. The number of allylic oxidation sites excluding steroid dienone is 1. The summed E-state index contributed by atoms with van der Waals surface area (Å²) in [6.45, 7) is 8.67. The third kappa shape index (κ3) is 5.48. The van der Waals surface area contributed by atoms with Gasteiger partial charge in [-0.3, -0.25) is 14.4 Å². The van der Waals surface area contributed by atoms with Crippen LogP contribution < -0.4 is 0 Å². The highest BCUT2D eigenvalue weighted by Crippen LogP contribution is 2.60. The highest BCUT2D eigenvalue weighted by Gasteiger charge is 2.77. The molecule has 4 aliphatic rings. The van der Waals surface area contributed by atoms with Crippen LogP contribution in [0.2, 0.25) is 0 Å². The molecule has 8 nitrogen and oxygen atoms in total. The van der Waals surface area contributed by atoms with E-state index >= 15 is 0 Å². The molecule has 2 bridgehead atoms. The molecule has 1 saturated carbocycles. The van der Waals surface area contributed by atoms with E-state index in [1.165, 1.54) is 6.42 Å². The first-order chi connectivity index (χ1) is 18.4. The van der Waals surface area contributed by atoms with Gasteiger partial charge in [-0.25, -0.2) is 0 Å². The maximum Gasteiger partial charge on any atom is 0.312 e. The molecule has 0 aromatic carbocycles. The van der Waals surface area contributed by atoms with Gasteiger partial charge in [0.05, 0.1) is 24.5 Å². The fourth-order valence-corrected chi connectivity index (χ4v) is 8.02. The monoisotopic (exact) mass is 594 g/mol. The maximum absolute atomic E-state index is 14.4. The summed E-state index contributed by atoms with van der Waals surface area (Å²) in [5.41, 5.74) is -1.08. The Morgan fingerprint density at radius 2 is 1.92 bits per heavy atom. The number of amides is 2. The number of carbonyl (C=O) groups excluding carboxylic acids is 3. The molecule has 38 heavy (non-hydrogen) atoms. The van der Waals surface area contributed by atoms with Gasteiger partial charge in [0.2, 0.25) is 11.8 Å². The number of nitrogens with zero attached hydrogens (tertiary/aromatic N) is 2. The van der Waals surface area contributed by atoms with Crippen molar-refractivity contribution in [1.29, 1.82) is 0 Å². The fraction of sp³-hybridized carbons (Fsp3) is 0.759. The number of halogens is 1. The third-order valence-electron chi connectivity index (χ3n) is 8.77. The van der Waals surface area contributed by atoms with Crippen LogP contribution in [0.3, 0.4) is 0 Å². The normalized spacial score (nSPS) is 32.3. The van der Waals surface area contributed by atoms with Crippen molar-refractivity contribution in [3.05, 3.63) is 25.3 Å². The minimum atomic E-state index is -1.08. The van der Waals surface area contributed by atoms with E-state index in [4.69, 9.17) is 9.47 Å². The molecule has 0 aromatic heterocycles. The summed E-state index contributed by atoms with van der Waals surface area (Å²) < 4.78 is 12.2. The first-order valence-corrected chi connectivity index (χ1v) is 15.2. The molecule has 1 aliphatic carbocycles. The molecular formula is C29H43BrN2O6. The average Bonchev–Trinajstić information content (AvgIpc) is 3.51. The van der Waals surface area contributed by atoms with Crippen LogP contribution in [0.1, 0.15) is 70.6 Å². The SMILES string of the molecule is C=CCCCCOC(=O)[C@H]1[C@H]2C(=O)N(CCCCO)C(C(=O)N(CC=C)C3CCCCC3)C23CC(Br)[C@@H]1O3. The van der Waals surface area contributed by atoms with Gasteiger partial charge in [0, 0.05) is 30.6 Å². The predicted octanol–water partition coefficient (Wildman–Crippen LogP) is 3.75. The summed E-state index contributed by atoms with van der Waals surface area (Å²) in [6.07, 6.45) is 12.3. The van der Waals surface area contributed by atoms with Gasteiger partial charge < -0.3 is 24.4 Å². The Kier molecular flexibility index (Phi) is 10.1. The van der Waals surface area contributed by atoms with Gasteiger partial charge in [0.1, 0.15) is 11.6 Å². The molecule has 0 aromatic rings. The first-order valence-electron chi connectivity index (χ1n) is 14.3. The molecule has 3 saturated heterocycles. The zero-order valence-corrected chi connectivity index (χ0v) is 24.0. The van der Waals surface area contributed by atoms with Crippen LogP contribution in [0.15, 0.2) is 25.3 Å². The van der Waals surface area contributed by atoms with Crippen LogP contribution in [0.4, 0.5) is 0 Å². The maximum atomic E-state index is 14.4. The second-order valence-electron chi connectivity index (χ2n) is 11.1. The van der Waals surface area contributed by atoms with Gasteiger partial charge in [-0.1, -0.05) is 47.3 Å². The van der Waals surface area contributed by atoms with Crippen molar-refractivity contribution in [2.75, 3.05) is 26.3 Å². The smallest absolute Gasteiger partial charge is 0.312 e. The lowest BCUT2D eigenvalue weighted by Crippen LogP contribution is -2.58. The Morgan fingerprint density at radius 1 is 1.16 bits per heavy atom. The lowest BCUT2D eigenvalue weighted by Gasteiger charge is -2.41. The number of ether oxygens (including phenoxy) is 2. The number of hydrogen-bond acceptors (Lipinski definition) is 6. The van der Waals surface area contributed by atoms with Crippen molar-refractivity contribution >= 4 is 33.7 Å². The van der Waals surface area contributed by atoms with Crippen molar-refractivity contribution in [1.82, 2.24) is 9.80 Å². The second-order valence-corrected chi connectivity index (χ2v) is 12.3. The van der Waals surface area contributed by atoms with E-state index in [0.717, 1.165) is 44.9 Å². The molecule has 4 fully saturated rings. The van der Waals surface area contributed by atoms with E-state index in [1.54, 1.807) is 11.0 Å². The average molecular weight is 596 g/mol. The molecule has 2 amide bonds. The van der Waals surface area contributed by atoms with E-state index in [2.05, 4.69) is 29.1 Å². The molecule has 3 aliphatic heterocycles. The Labute approximate surface area is 234 Å². The number of unbranched alkanes of at least 4 members (excludes halogenated alkanes) is 3. The molecule has 9 heteroatoms. The second kappa shape index (κ2) is 13.1. The lowest BCUT2D eigenvalue weighted by molar-refractivity contribution is -0.155. The number of alkyl halides is 1. The van der Waals surface area contributed by atoms with E-state index in [1.807, 2.05) is 11.0 Å². The highest BCUT2D eigenvalue weighted by molar-refractivity contribution is 9.09. The molecule has 0 radical (unpaired) electrons. The van der Waals surface area contributed by atoms with Crippen LogP contribution in [0, 0.1) is 11.8 Å². The summed E-state index contributed by atoms with van der Waals surface area (Å²) in [4.78, 5) is 45.2. The summed E-state index contributed by atoms with van der Waals surface area (Å²) in [6, 6.07) is -0.704. The molecule has 6 atom stereocenters. The summed E-state index contributed by atoms with van der Waals surface area (Å²) in [5, 5.41) is 9.37. The van der Waals surface area contributed by atoms with Gasteiger partial charge in [-0.05, 0) is 51.4 Å². The molecule has 3 unspecified atom stereocenters. The largest absolute Gasteiger partial charge is 0.465 e. The van der Waals surface area contributed by atoms with Gasteiger partial charge in [-0.15, -0.1) is 13.2 Å². The molecule has 1 N–H and O–H groups in total. The Balaban J connectivity index is 1.63. The van der Waals surface area contributed by atoms with Crippen molar-refractivity contribution in [3.63, 3.8) is 0 Å². The molecule has 4 rings (SSSR count). The molecule has 1 spiro atoms. The zero-order chi connectivity index (χ0) is 27.3. The number of fused-ring (bicyclic) bond motifs is 1. The van der Waals surface area contributed by atoms with Gasteiger partial charge in [0.25, 0.3) is 0 Å².